The van der Waals surface area contributed by atoms with E-state index in [0.717, 1.165) is 17.7 Å². The molecule has 7 nitrogen and oxygen atoms in total. The average Bonchev–Trinajstić information content (AvgIpc) is 3.00. The van der Waals surface area contributed by atoms with Gasteiger partial charge >= 0.3 is 0 Å². The minimum Gasteiger partial charge on any atom is -0.497 e. The van der Waals surface area contributed by atoms with E-state index in [1.807, 2.05) is 24.3 Å². The fourth-order valence-electron chi connectivity index (χ4n) is 2.71. The Morgan fingerprint density at radius 3 is 2.64 bits per heavy atom. The van der Waals surface area contributed by atoms with E-state index in [1.54, 1.807) is 25.0 Å². The van der Waals surface area contributed by atoms with Crippen LogP contribution in [0.25, 0.3) is 0 Å². The van der Waals surface area contributed by atoms with Gasteiger partial charge in [0.15, 0.2) is 5.69 Å². The Bertz CT molecular complexity index is 748. The van der Waals surface area contributed by atoms with E-state index in [1.165, 1.54) is 0 Å². The molecule has 132 valence electrons. The first-order valence-corrected chi connectivity index (χ1v) is 8.20. The van der Waals surface area contributed by atoms with Crippen LogP contribution in [0.15, 0.2) is 34.9 Å². The minimum absolute atomic E-state index is 0.0195. The van der Waals surface area contributed by atoms with Gasteiger partial charge in [-0.2, -0.15) is 0 Å². The van der Waals surface area contributed by atoms with E-state index in [2.05, 4.69) is 10.5 Å². The van der Waals surface area contributed by atoms with Gasteiger partial charge in [-0.05, 0) is 31.0 Å². The van der Waals surface area contributed by atoms with Crippen LogP contribution < -0.4 is 10.1 Å². The lowest BCUT2D eigenvalue weighted by atomic mass is 9.98. The van der Waals surface area contributed by atoms with Crippen LogP contribution in [-0.4, -0.2) is 48.6 Å². The van der Waals surface area contributed by atoms with Gasteiger partial charge in [-0.1, -0.05) is 17.3 Å². The van der Waals surface area contributed by atoms with E-state index >= 15 is 0 Å². The second-order valence-electron chi connectivity index (χ2n) is 6.12. The fourth-order valence-corrected chi connectivity index (χ4v) is 2.71. The Morgan fingerprint density at radius 2 is 2.04 bits per heavy atom. The number of benzene rings is 1. The number of carbonyl (C=O) groups is 2. The van der Waals surface area contributed by atoms with Gasteiger partial charge in [0, 0.05) is 25.7 Å². The van der Waals surface area contributed by atoms with Gasteiger partial charge < -0.3 is 19.5 Å². The summed E-state index contributed by atoms with van der Waals surface area (Å²) in [5, 5.41) is 6.63. The molecule has 0 unspecified atom stereocenters. The second-order valence-corrected chi connectivity index (χ2v) is 6.12. The van der Waals surface area contributed by atoms with Crippen molar-refractivity contribution < 1.29 is 18.8 Å². The molecule has 25 heavy (non-hydrogen) atoms. The Kier molecular flexibility index (Phi) is 5.02. The van der Waals surface area contributed by atoms with Crippen molar-refractivity contribution in [2.75, 3.05) is 26.7 Å². The topological polar surface area (TPSA) is 84.7 Å². The summed E-state index contributed by atoms with van der Waals surface area (Å²) < 4.78 is 10.0. The van der Waals surface area contributed by atoms with Gasteiger partial charge in [0.1, 0.15) is 11.5 Å². The maximum atomic E-state index is 12.1. The molecular formula is C18H21N3O4. The molecular weight excluding hydrogens is 322 g/mol. The Hall–Kier alpha value is -2.83. The summed E-state index contributed by atoms with van der Waals surface area (Å²) in [4.78, 5) is 25.8. The summed E-state index contributed by atoms with van der Waals surface area (Å²) in [6.45, 7) is 3.13. The SMILES string of the molecule is COc1ccc(CCNC(=O)C2CN(C(=O)c3cc(C)on3)C2)cc1. The summed E-state index contributed by atoms with van der Waals surface area (Å²) in [6, 6.07) is 9.37. The number of aryl methyl sites for hydroxylation is 1. The van der Waals surface area contributed by atoms with Crippen molar-refractivity contribution in [1.29, 1.82) is 0 Å². The fraction of sp³-hybridized carbons (Fsp3) is 0.389. The number of hydrogen-bond donors (Lipinski definition) is 1. The van der Waals surface area contributed by atoms with Crippen LogP contribution in [0.2, 0.25) is 0 Å². The highest BCUT2D eigenvalue weighted by Crippen LogP contribution is 2.19. The first-order valence-electron chi connectivity index (χ1n) is 8.20. The van der Waals surface area contributed by atoms with Crippen LogP contribution in [0.4, 0.5) is 0 Å². The zero-order chi connectivity index (χ0) is 17.8. The first-order chi connectivity index (χ1) is 12.1. The van der Waals surface area contributed by atoms with Crippen LogP contribution in [0.1, 0.15) is 21.8 Å². The number of amides is 2. The van der Waals surface area contributed by atoms with Crippen LogP contribution >= 0.6 is 0 Å². The van der Waals surface area contributed by atoms with Crippen molar-refractivity contribution in [3.05, 3.63) is 47.3 Å². The second kappa shape index (κ2) is 7.38. The molecule has 1 aromatic heterocycles. The summed E-state index contributed by atoms with van der Waals surface area (Å²) in [7, 11) is 1.63. The monoisotopic (exact) mass is 343 g/mol. The Morgan fingerprint density at radius 1 is 1.32 bits per heavy atom. The van der Waals surface area contributed by atoms with Gasteiger partial charge in [-0.3, -0.25) is 9.59 Å². The number of ether oxygens (including phenoxy) is 1. The zero-order valence-corrected chi connectivity index (χ0v) is 14.3. The molecule has 1 aliphatic rings. The van der Waals surface area contributed by atoms with E-state index in [-0.39, 0.29) is 23.4 Å². The lowest BCUT2D eigenvalue weighted by molar-refractivity contribution is -0.128. The highest BCUT2D eigenvalue weighted by molar-refractivity contribution is 5.94. The first kappa shape index (κ1) is 17.0. The number of aromatic nitrogens is 1. The predicted molar refractivity (Wildman–Crippen MR) is 90.3 cm³/mol. The third-order valence-corrected chi connectivity index (χ3v) is 4.26. The molecule has 0 spiro atoms. The smallest absolute Gasteiger partial charge is 0.276 e. The summed E-state index contributed by atoms with van der Waals surface area (Å²) in [5.41, 5.74) is 1.42. The molecule has 2 heterocycles. The molecule has 1 aliphatic heterocycles. The van der Waals surface area contributed by atoms with Gasteiger partial charge in [-0.25, -0.2) is 0 Å². The van der Waals surface area contributed by atoms with Crippen molar-refractivity contribution >= 4 is 11.8 Å². The van der Waals surface area contributed by atoms with E-state index in [4.69, 9.17) is 9.26 Å². The molecule has 0 saturated carbocycles. The van der Waals surface area contributed by atoms with Crippen LogP contribution in [0.3, 0.4) is 0 Å². The summed E-state index contributed by atoms with van der Waals surface area (Å²) in [6.07, 6.45) is 0.753. The molecule has 1 N–H and O–H groups in total. The van der Waals surface area contributed by atoms with E-state index in [0.29, 0.717) is 25.4 Å². The van der Waals surface area contributed by atoms with Crippen molar-refractivity contribution in [2.24, 2.45) is 5.92 Å². The third-order valence-electron chi connectivity index (χ3n) is 4.26. The van der Waals surface area contributed by atoms with Crippen molar-refractivity contribution in [3.63, 3.8) is 0 Å². The summed E-state index contributed by atoms with van der Waals surface area (Å²) >= 11 is 0. The van der Waals surface area contributed by atoms with Crippen LogP contribution in [0, 0.1) is 12.8 Å². The molecule has 0 aliphatic carbocycles. The van der Waals surface area contributed by atoms with Gasteiger partial charge in [0.2, 0.25) is 5.91 Å². The number of nitrogens with one attached hydrogen (secondary N) is 1. The third kappa shape index (κ3) is 3.99. The quantitative estimate of drug-likeness (QED) is 0.857. The average molecular weight is 343 g/mol. The maximum Gasteiger partial charge on any atom is 0.276 e. The number of methoxy groups -OCH3 is 1. The highest BCUT2D eigenvalue weighted by atomic mass is 16.5. The maximum absolute atomic E-state index is 12.1. The minimum atomic E-state index is -0.195. The van der Waals surface area contributed by atoms with Crippen molar-refractivity contribution in [3.8, 4) is 5.75 Å². The molecule has 7 heteroatoms. The lowest BCUT2D eigenvalue weighted by Gasteiger charge is -2.37. The zero-order valence-electron chi connectivity index (χ0n) is 14.3. The number of likely N-dealkylation sites (tertiary alicyclic amines) is 1. The van der Waals surface area contributed by atoms with E-state index < -0.39 is 0 Å². The van der Waals surface area contributed by atoms with Crippen molar-refractivity contribution in [2.45, 2.75) is 13.3 Å². The number of carbonyl (C=O) groups excluding carboxylic acids is 2. The van der Waals surface area contributed by atoms with E-state index in [9.17, 15) is 9.59 Å². The molecule has 2 aromatic rings. The molecule has 0 atom stereocenters. The molecule has 3 rings (SSSR count). The lowest BCUT2D eigenvalue weighted by Crippen LogP contribution is -2.55. The molecule has 0 bridgehead atoms. The van der Waals surface area contributed by atoms with Crippen molar-refractivity contribution in [1.82, 2.24) is 15.4 Å². The largest absolute Gasteiger partial charge is 0.497 e. The molecule has 1 fully saturated rings. The molecule has 1 saturated heterocycles. The molecule has 2 amide bonds. The molecule has 0 radical (unpaired) electrons. The number of hydrogen-bond acceptors (Lipinski definition) is 5. The van der Waals surface area contributed by atoms with Gasteiger partial charge in [-0.15, -0.1) is 0 Å². The standard InChI is InChI=1S/C18H21N3O4/c1-12-9-16(20-25-12)18(23)21-10-14(11-21)17(22)19-8-7-13-3-5-15(24-2)6-4-13/h3-6,9,14H,7-8,10-11H2,1-2H3,(H,19,22). The molecule has 1 aromatic carbocycles. The highest BCUT2D eigenvalue weighted by Gasteiger charge is 2.36. The predicted octanol–water partition coefficient (Wildman–Crippen LogP) is 1.42. The van der Waals surface area contributed by atoms with Gasteiger partial charge in [0.25, 0.3) is 5.91 Å². The summed E-state index contributed by atoms with van der Waals surface area (Å²) in [5.74, 6) is 1.03. The normalized spacial score (nSPS) is 14.1. The van der Waals surface area contributed by atoms with Gasteiger partial charge in [0.05, 0.1) is 13.0 Å². The number of rotatable bonds is 6. The Labute approximate surface area is 145 Å². The van der Waals surface area contributed by atoms with Crippen LogP contribution in [-0.2, 0) is 11.2 Å². The van der Waals surface area contributed by atoms with Crippen LogP contribution in [0.5, 0.6) is 5.75 Å². The Balaban J connectivity index is 1.39. The number of nitrogens with zero attached hydrogens (tertiary/aromatic N) is 2.